The number of benzene rings is 1. The molecule has 0 bridgehead atoms. The van der Waals surface area contributed by atoms with Crippen LogP contribution >= 0.6 is 0 Å². The van der Waals surface area contributed by atoms with Crippen LogP contribution in [0, 0.1) is 0 Å². The number of nitrogens with zero attached hydrogens (tertiary/aromatic N) is 2. The zero-order valence-electron chi connectivity index (χ0n) is 14.7. The van der Waals surface area contributed by atoms with E-state index < -0.39 is 0 Å². The number of ether oxygens (including phenoxy) is 2. The van der Waals surface area contributed by atoms with Gasteiger partial charge in [-0.2, -0.15) is 0 Å². The quantitative estimate of drug-likeness (QED) is 0.750. The van der Waals surface area contributed by atoms with E-state index in [1.165, 1.54) is 12.8 Å². The molecule has 0 radical (unpaired) electrons. The van der Waals surface area contributed by atoms with Gasteiger partial charge in [-0.3, -0.25) is 4.79 Å². The van der Waals surface area contributed by atoms with E-state index in [-0.39, 0.29) is 5.91 Å². The maximum atomic E-state index is 13.2. The number of hydrogen-bond donors (Lipinski definition) is 0. The first kappa shape index (κ1) is 17.2. The molecule has 0 spiro atoms. The van der Waals surface area contributed by atoms with Crippen LogP contribution in [0.15, 0.2) is 24.3 Å². The molecule has 2 aliphatic rings. The van der Waals surface area contributed by atoms with Gasteiger partial charge in [-0.25, -0.2) is 0 Å². The number of likely N-dealkylation sites (N-methyl/N-ethyl adjacent to an activating group) is 1. The average molecular weight is 332 g/mol. The number of rotatable bonds is 6. The summed E-state index contributed by atoms with van der Waals surface area (Å²) in [6.07, 6.45) is 4.62. The minimum absolute atomic E-state index is 0.103. The Labute approximate surface area is 144 Å². The van der Waals surface area contributed by atoms with Gasteiger partial charge in [-0.1, -0.05) is 12.1 Å². The van der Waals surface area contributed by atoms with Crippen molar-refractivity contribution in [2.45, 2.75) is 37.8 Å². The molecule has 2 fully saturated rings. The molecule has 0 saturated carbocycles. The third-order valence-electron chi connectivity index (χ3n) is 5.24. The molecule has 132 valence electrons. The number of amides is 1. The SMILES string of the molecule is COCCOc1ccccc1C(=O)N1CCCC1C1CCCN1C. The van der Waals surface area contributed by atoms with E-state index in [1.54, 1.807) is 7.11 Å². The summed E-state index contributed by atoms with van der Waals surface area (Å²) in [7, 11) is 3.83. The van der Waals surface area contributed by atoms with Gasteiger partial charge in [0.2, 0.25) is 0 Å². The van der Waals surface area contributed by atoms with E-state index in [1.807, 2.05) is 24.3 Å². The zero-order valence-corrected chi connectivity index (χ0v) is 14.7. The lowest BCUT2D eigenvalue weighted by molar-refractivity contribution is 0.0658. The molecule has 0 aliphatic carbocycles. The van der Waals surface area contributed by atoms with E-state index in [9.17, 15) is 4.79 Å². The number of carbonyl (C=O) groups excluding carboxylic acids is 1. The van der Waals surface area contributed by atoms with Gasteiger partial charge in [-0.15, -0.1) is 0 Å². The lowest BCUT2D eigenvalue weighted by Gasteiger charge is -2.33. The minimum Gasteiger partial charge on any atom is -0.490 e. The van der Waals surface area contributed by atoms with E-state index >= 15 is 0 Å². The Morgan fingerprint density at radius 2 is 1.88 bits per heavy atom. The summed E-state index contributed by atoms with van der Waals surface area (Å²) in [5.41, 5.74) is 0.668. The molecule has 5 nitrogen and oxygen atoms in total. The summed E-state index contributed by atoms with van der Waals surface area (Å²) in [6, 6.07) is 8.39. The smallest absolute Gasteiger partial charge is 0.257 e. The number of methoxy groups -OCH3 is 1. The Morgan fingerprint density at radius 3 is 2.62 bits per heavy atom. The lowest BCUT2D eigenvalue weighted by Crippen LogP contribution is -2.47. The zero-order chi connectivity index (χ0) is 16.9. The van der Waals surface area contributed by atoms with Gasteiger partial charge in [0.05, 0.1) is 12.2 Å². The first-order valence-electron chi connectivity index (χ1n) is 8.94. The Morgan fingerprint density at radius 1 is 1.12 bits per heavy atom. The molecular formula is C19H28N2O3. The van der Waals surface area contributed by atoms with Gasteiger partial charge in [0.25, 0.3) is 5.91 Å². The van der Waals surface area contributed by atoms with Gasteiger partial charge in [0, 0.05) is 25.7 Å². The van der Waals surface area contributed by atoms with E-state index in [4.69, 9.17) is 9.47 Å². The van der Waals surface area contributed by atoms with Crippen molar-refractivity contribution in [3.05, 3.63) is 29.8 Å². The van der Waals surface area contributed by atoms with Crippen molar-refractivity contribution >= 4 is 5.91 Å². The molecule has 1 aromatic rings. The van der Waals surface area contributed by atoms with Crippen LogP contribution in [0.25, 0.3) is 0 Å². The van der Waals surface area contributed by atoms with Crippen LogP contribution in [0.1, 0.15) is 36.0 Å². The first-order chi connectivity index (χ1) is 11.7. The topological polar surface area (TPSA) is 42.0 Å². The summed E-state index contributed by atoms with van der Waals surface area (Å²) in [5, 5.41) is 0. The Hall–Kier alpha value is -1.59. The van der Waals surface area contributed by atoms with Crippen molar-refractivity contribution in [2.24, 2.45) is 0 Å². The Bertz CT molecular complexity index is 563. The maximum absolute atomic E-state index is 13.2. The summed E-state index contributed by atoms with van der Waals surface area (Å²) in [6.45, 7) is 2.96. The highest BCUT2D eigenvalue weighted by atomic mass is 16.5. The molecule has 2 heterocycles. The van der Waals surface area contributed by atoms with Crippen LogP contribution in [0.3, 0.4) is 0 Å². The molecule has 0 N–H and O–H groups in total. The molecule has 5 heteroatoms. The van der Waals surface area contributed by atoms with Crippen molar-refractivity contribution in [3.63, 3.8) is 0 Å². The monoisotopic (exact) mass is 332 g/mol. The lowest BCUT2D eigenvalue weighted by atomic mass is 10.0. The summed E-state index contributed by atoms with van der Waals surface area (Å²) in [5.74, 6) is 0.760. The van der Waals surface area contributed by atoms with Crippen molar-refractivity contribution in [1.82, 2.24) is 9.80 Å². The van der Waals surface area contributed by atoms with Crippen LogP contribution < -0.4 is 4.74 Å². The summed E-state index contributed by atoms with van der Waals surface area (Å²) < 4.78 is 10.8. The van der Waals surface area contributed by atoms with Crippen LogP contribution in [-0.4, -0.2) is 68.3 Å². The predicted molar refractivity (Wildman–Crippen MR) is 93.5 cm³/mol. The fraction of sp³-hybridized carbons (Fsp3) is 0.632. The normalized spacial score (nSPS) is 24.5. The largest absolute Gasteiger partial charge is 0.490 e. The molecular weight excluding hydrogens is 304 g/mol. The van der Waals surface area contributed by atoms with Gasteiger partial charge < -0.3 is 19.3 Å². The van der Waals surface area contributed by atoms with Crippen LogP contribution in [0.5, 0.6) is 5.75 Å². The first-order valence-corrected chi connectivity index (χ1v) is 8.94. The maximum Gasteiger partial charge on any atom is 0.257 e. The number of likely N-dealkylation sites (tertiary alicyclic amines) is 2. The number of hydrogen-bond acceptors (Lipinski definition) is 4. The van der Waals surface area contributed by atoms with Gasteiger partial charge in [0.1, 0.15) is 12.4 Å². The minimum atomic E-state index is 0.103. The van der Waals surface area contributed by atoms with Crippen LogP contribution in [0.2, 0.25) is 0 Å². The number of para-hydroxylation sites is 1. The predicted octanol–water partition coefficient (Wildman–Crippen LogP) is 2.41. The van der Waals surface area contributed by atoms with Crippen LogP contribution in [0.4, 0.5) is 0 Å². The summed E-state index contributed by atoms with van der Waals surface area (Å²) in [4.78, 5) is 17.7. The molecule has 2 atom stereocenters. The van der Waals surface area contributed by atoms with Gasteiger partial charge >= 0.3 is 0 Å². The van der Waals surface area contributed by atoms with E-state index in [2.05, 4.69) is 16.8 Å². The Balaban J connectivity index is 1.75. The third kappa shape index (κ3) is 3.57. The highest BCUT2D eigenvalue weighted by Gasteiger charge is 2.39. The molecule has 1 amide bonds. The highest BCUT2D eigenvalue weighted by molar-refractivity contribution is 5.97. The van der Waals surface area contributed by atoms with Crippen molar-refractivity contribution < 1.29 is 14.3 Å². The second-order valence-corrected chi connectivity index (χ2v) is 6.74. The molecule has 2 saturated heterocycles. The van der Waals surface area contributed by atoms with Gasteiger partial charge in [-0.05, 0) is 51.4 Å². The number of carbonyl (C=O) groups is 1. The Kier molecular flexibility index (Phi) is 5.74. The van der Waals surface area contributed by atoms with Crippen LogP contribution in [-0.2, 0) is 4.74 Å². The second-order valence-electron chi connectivity index (χ2n) is 6.74. The molecule has 1 aromatic carbocycles. The van der Waals surface area contributed by atoms with Crippen molar-refractivity contribution in [2.75, 3.05) is 40.5 Å². The summed E-state index contributed by atoms with van der Waals surface area (Å²) >= 11 is 0. The average Bonchev–Trinajstić information content (AvgIpc) is 3.23. The standard InChI is InChI=1S/C19H28N2O3/c1-20-11-5-8-16(20)17-9-6-12-21(17)19(22)15-7-3-4-10-18(15)24-14-13-23-2/h3-4,7,10,16-17H,5-6,8-9,11-14H2,1-2H3. The molecule has 0 aromatic heterocycles. The van der Waals surface area contributed by atoms with E-state index in [0.717, 1.165) is 25.9 Å². The fourth-order valence-electron chi connectivity index (χ4n) is 4.03. The van der Waals surface area contributed by atoms with Crippen molar-refractivity contribution in [1.29, 1.82) is 0 Å². The third-order valence-corrected chi connectivity index (χ3v) is 5.24. The second kappa shape index (κ2) is 7.99. The molecule has 3 rings (SSSR count). The molecule has 2 unspecified atom stereocenters. The molecule has 2 aliphatic heterocycles. The van der Waals surface area contributed by atoms with E-state index in [0.29, 0.717) is 36.6 Å². The highest BCUT2D eigenvalue weighted by Crippen LogP contribution is 2.31. The molecule has 24 heavy (non-hydrogen) atoms. The van der Waals surface area contributed by atoms with Gasteiger partial charge in [0.15, 0.2) is 0 Å². The fourth-order valence-corrected chi connectivity index (χ4v) is 4.03. The van der Waals surface area contributed by atoms with Crippen molar-refractivity contribution in [3.8, 4) is 5.75 Å².